The molecule has 0 spiro atoms. The third-order valence-corrected chi connectivity index (χ3v) is 14.4. The number of benzene rings is 5. The number of para-hydroxylation sites is 1. The minimum absolute atomic E-state index is 0. The van der Waals surface area contributed by atoms with Gasteiger partial charge >= 0.3 is 113 Å². The number of furan rings is 1. The van der Waals surface area contributed by atoms with Gasteiger partial charge in [-0.1, -0.05) is 109 Å². The van der Waals surface area contributed by atoms with Crippen molar-refractivity contribution < 1.29 is 33.7 Å². The van der Waals surface area contributed by atoms with Crippen LogP contribution >= 0.6 is 0 Å². The van der Waals surface area contributed by atoms with Gasteiger partial charge in [-0.2, -0.15) is 18.6 Å². The zero-order chi connectivity index (χ0) is 37.3. The van der Waals surface area contributed by atoms with Crippen molar-refractivity contribution in [3.63, 3.8) is 0 Å². The molecule has 1 atom stereocenters. The molecule has 0 saturated heterocycles. The Morgan fingerprint density at radius 3 is 1.91 bits per heavy atom. The Kier molecular flexibility index (Phi) is 11.5. The Hall–Kier alpha value is -5.13. The van der Waals surface area contributed by atoms with E-state index in [1.54, 1.807) is 0 Å². The second-order valence-electron chi connectivity index (χ2n) is 14.8. The summed E-state index contributed by atoms with van der Waals surface area (Å²) in [5.74, 6) is 7.43. The molecule has 8 aromatic rings. The number of hydrogen-bond acceptors (Lipinski definition) is 1. The third kappa shape index (κ3) is 7.74. The number of fused-ring (bicyclic) bond motifs is 3. The summed E-state index contributed by atoms with van der Waals surface area (Å²) in [4.78, 5) is 0. The summed E-state index contributed by atoms with van der Waals surface area (Å²) >= 11 is -1.78. The molecule has 0 bridgehead atoms. The first kappa shape index (κ1) is 38.6. The summed E-state index contributed by atoms with van der Waals surface area (Å²) < 4.78 is 12.0. The zero-order valence-corrected chi connectivity index (χ0v) is 36.0. The molecular formula is C49H46GeIrN2O-2. The molecule has 1 unspecified atom stereocenters. The van der Waals surface area contributed by atoms with Crippen LogP contribution in [0.25, 0.3) is 55.6 Å². The van der Waals surface area contributed by atoms with E-state index >= 15 is 0 Å². The number of nitrogens with zero attached hydrogens (tertiary/aromatic N) is 2. The molecule has 3 nitrogen and oxygen atoms in total. The largest absolute Gasteiger partial charge is 0 e. The van der Waals surface area contributed by atoms with Gasteiger partial charge in [-0.15, -0.1) is 6.07 Å². The fraction of sp³-hybridized carbons (Fsp3) is 0.102. The fourth-order valence-corrected chi connectivity index (χ4v) is 9.36. The van der Waals surface area contributed by atoms with Crippen molar-refractivity contribution >= 4 is 39.6 Å². The van der Waals surface area contributed by atoms with Gasteiger partial charge in [-0.3, -0.25) is 0 Å². The van der Waals surface area contributed by atoms with E-state index in [0.29, 0.717) is 0 Å². The van der Waals surface area contributed by atoms with Gasteiger partial charge in [-0.05, 0) is 11.1 Å². The first-order valence-electron chi connectivity index (χ1n) is 18.1. The minimum atomic E-state index is -1.78. The first-order valence-corrected chi connectivity index (χ1v) is 25.4. The number of hydrogen-bond donors (Lipinski definition) is 0. The Morgan fingerprint density at radius 1 is 0.574 bits per heavy atom. The van der Waals surface area contributed by atoms with Crippen LogP contribution in [0.5, 0.6) is 0 Å². The van der Waals surface area contributed by atoms with Gasteiger partial charge in [-0.25, -0.2) is 0 Å². The van der Waals surface area contributed by atoms with Crippen LogP contribution in [0.2, 0.25) is 17.3 Å². The number of rotatable bonds is 6. The minimum Gasteiger partial charge on any atom is 0 e. The van der Waals surface area contributed by atoms with Crippen molar-refractivity contribution in [3.05, 3.63) is 202 Å². The SMILES string of the molecule is [CH2-]c1ccc2c(oc3c(-c4ccccc4)cccc32)c1-c1cc(C(C)c2ccccc2)cc[n+]1[CH2-].[CH2-]c1ccccc1-c1cc[c]([Ge]([CH3])([CH3])[CH3])c[n+]1[CH2-].[Ir]. The molecule has 5 aromatic carbocycles. The average molecular weight is 944 g/mol. The van der Waals surface area contributed by atoms with Gasteiger partial charge in [0.2, 0.25) is 0 Å². The van der Waals surface area contributed by atoms with Crippen LogP contribution < -0.4 is 13.5 Å². The van der Waals surface area contributed by atoms with Gasteiger partial charge in [0.25, 0.3) is 0 Å². The molecule has 0 aliphatic carbocycles. The van der Waals surface area contributed by atoms with E-state index in [-0.39, 0.29) is 26.0 Å². The quantitative estimate of drug-likeness (QED) is 0.0924. The van der Waals surface area contributed by atoms with E-state index in [2.05, 4.69) is 174 Å². The van der Waals surface area contributed by atoms with Crippen LogP contribution in [0.1, 0.15) is 35.1 Å². The first-order chi connectivity index (χ1) is 25.5. The maximum Gasteiger partial charge on any atom is 0 e. The maximum atomic E-state index is 6.66. The van der Waals surface area contributed by atoms with Crippen LogP contribution in [0.15, 0.2) is 156 Å². The monoisotopic (exact) mass is 945 g/mol. The topological polar surface area (TPSA) is 20.9 Å². The molecule has 0 amide bonds. The third-order valence-electron chi connectivity index (χ3n) is 10.1. The molecule has 273 valence electrons. The van der Waals surface area contributed by atoms with Crippen LogP contribution in [0.4, 0.5) is 0 Å². The molecule has 0 N–H and O–H groups in total. The van der Waals surface area contributed by atoms with Crippen molar-refractivity contribution in [2.45, 2.75) is 30.1 Å². The van der Waals surface area contributed by atoms with Crippen molar-refractivity contribution in [3.8, 4) is 33.6 Å². The van der Waals surface area contributed by atoms with Gasteiger partial charge < -0.3 is 8.98 Å². The Morgan fingerprint density at radius 2 is 1.22 bits per heavy atom. The predicted molar refractivity (Wildman–Crippen MR) is 224 cm³/mol. The van der Waals surface area contributed by atoms with E-state index in [1.807, 2.05) is 39.6 Å². The van der Waals surface area contributed by atoms with Gasteiger partial charge in [0.1, 0.15) is 5.58 Å². The second kappa shape index (κ2) is 16.1. The molecule has 0 aliphatic heterocycles. The zero-order valence-electron chi connectivity index (χ0n) is 31.5. The van der Waals surface area contributed by atoms with Crippen LogP contribution in [-0.4, -0.2) is 13.3 Å². The van der Waals surface area contributed by atoms with Crippen LogP contribution in [0, 0.1) is 27.9 Å². The molecule has 3 heterocycles. The van der Waals surface area contributed by atoms with Gasteiger partial charge in [0, 0.05) is 49.4 Å². The smallest absolute Gasteiger partial charge is 0 e. The summed E-state index contributed by atoms with van der Waals surface area (Å²) in [6.07, 6.45) is 4.21. The summed E-state index contributed by atoms with van der Waals surface area (Å²) in [6.45, 7) is 10.7. The standard InChI is InChI=1S/C33H26NO.C16H20GeN.Ir/c1-22-17-18-29-28-16-10-15-27(25-13-8-5-9-14-25)32(28)35-33(29)31(22)30-21-26(19-20-34(30)3)23(2)24-11-6-4-7-12-24;1-13-8-6-7-9-15(13)16-11-10-14(12-18(16)5)17(2,3)4;/h4-21,23H,1,3H2,2H3;6-12H,1,5H2,2-4H3;/q2*-1;. The van der Waals surface area contributed by atoms with Crippen LogP contribution in [-0.2, 0) is 20.1 Å². The van der Waals surface area contributed by atoms with E-state index in [9.17, 15) is 0 Å². The molecule has 8 rings (SSSR count). The second-order valence-corrected chi connectivity index (χ2v) is 25.4. The maximum absolute atomic E-state index is 6.66. The Balaban J connectivity index is 0.000000222. The van der Waals surface area contributed by atoms with Gasteiger partial charge in [0.15, 0.2) is 0 Å². The normalized spacial score (nSPS) is 11.8. The van der Waals surface area contributed by atoms with Crippen molar-refractivity contribution in [2.24, 2.45) is 0 Å². The Bertz CT molecular complexity index is 2550. The fourth-order valence-electron chi connectivity index (χ4n) is 7.00. The summed E-state index contributed by atoms with van der Waals surface area (Å²) in [5, 5.41) is 2.19. The van der Waals surface area contributed by atoms with E-state index in [0.717, 1.165) is 66.7 Å². The molecule has 0 aliphatic rings. The summed E-state index contributed by atoms with van der Waals surface area (Å²) in [7, 11) is 8.42. The van der Waals surface area contributed by atoms with E-state index < -0.39 is 13.3 Å². The number of pyridine rings is 2. The molecule has 0 saturated carbocycles. The van der Waals surface area contributed by atoms with Crippen molar-refractivity contribution in [2.75, 3.05) is 0 Å². The van der Waals surface area contributed by atoms with Crippen LogP contribution in [0.3, 0.4) is 0 Å². The van der Waals surface area contributed by atoms with Gasteiger partial charge in [0.05, 0.1) is 17.5 Å². The Labute approximate surface area is 337 Å². The van der Waals surface area contributed by atoms with E-state index in [4.69, 9.17) is 4.42 Å². The molecule has 0 fully saturated rings. The van der Waals surface area contributed by atoms with E-state index in [1.165, 1.54) is 15.5 Å². The summed E-state index contributed by atoms with van der Waals surface area (Å²) in [5.41, 5.74) is 12.7. The van der Waals surface area contributed by atoms with Crippen molar-refractivity contribution in [1.82, 2.24) is 0 Å². The molecule has 3 aromatic heterocycles. The number of aromatic nitrogens is 2. The predicted octanol–water partition coefficient (Wildman–Crippen LogP) is 11.2. The average Bonchev–Trinajstić information content (AvgIpc) is 3.55. The molecule has 5 heteroatoms. The van der Waals surface area contributed by atoms with Crippen molar-refractivity contribution in [1.29, 1.82) is 0 Å². The molecule has 1 radical (unpaired) electrons. The summed E-state index contributed by atoms with van der Waals surface area (Å²) in [6, 6.07) is 48.5. The molecule has 54 heavy (non-hydrogen) atoms. The molecular weight excluding hydrogens is 897 g/mol.